The quantitative estimate of drug-likeness (QED) is 0.673. The highest BCUT2D eigenvalue weighted by Crippen LogP contribution is 2.26. The van der Waals surface area contributed by atoms with Gasteiger partial charge >= 0.3 is 5.97 Å². The van der Waals surface area contributed by atoms with Crippen LogP contribution in [0.5, 0.6) is 0 Å². The van der Waals surface area contributed by atoms with Gasteiger partial charge in [0.15, 0.2) is 0 Å². The molecular weight excluding hydrogens is 352 g/mol. The highest BCUT2D eigenvalue weighted by atomic mass is 16.6. The van der Waals surface area contributed by atoms with E-state index in [0.29, 0.717) is 18.9 Å². The molecule has 1 aromatic rings. The van der Waals surface area contributed by atoms with Gasteiger partial charge in [0.05, 0.1) is 0 Å². The molecule has 0 N–H and O–H groups in total. The molecule has 5 heteroatoms. The Hall–Kier alpha value is -1.72. The van der Waals surface area contributed by atoms with Gasteiger partial charge in [-0.05, 0) is 57.8 Å². The molecule has 0 amide bonds. The van der Waals surface area contributed by atoms with Gasteiger partial charge in [0.2, 0.25) is 0 Å². The van der Waals surface area contributed by atoms with Gasteiger partial charge in [-0.25, -0.2) is 0 Å². The molecule has 154 valence electrons. The van der Waals surface area contributed by atoms with Crippen molar-refractivity contribution in [2.45, 2.75) is 64.6 Å². The molecule has 0 radical (unpaired) electrons. The molecule has 3 rings (SSSR count). The largest absolute Gasteiger partial charge is 0.457 e. The SMILES string of the molecule is CCN1CC(C)(C)OC(=O)C1CC(=O)CC1CCN(Cc2ccccc2)CC1. The molecular formula is C23H34N2O3. The van der Waals surface area contributed by atoms with Crippen LogP contribution in [0.25, 0.3) is 0 Å². The van der Waals surface area contributed by atoms with Crippen molar-refractivity contribution in [3.05, 3.63) is 35.9 Å². The van der Waals surface area contributed by atoms with Crippen molar-refractivity contribution in [2.75, 3.05) is 26.2 Å². The maximum absolute atomic E-state index is 12.7. The Morgan fingerprint density at radius 3 is 2.46 bits per heavy atom. The summed E-state index contributed by atoms with van der Waals surface area (Å²) in [7, 11) is 0. The summed E-state index contributed by atoms with van der Waals surface area (Å²) < 4.78 is 5.54. The number of benzene rings is 1. The van der Waals surface area contributed by atoms with E-state index >= 15 is 0 Å². The fourth-order valence-electron chi connectivity index (χ4n) is 4.48. The molecule has 5 nitrogen and oxygen atoms in total. The molecule has 2 fully saturated rings. The second kappa shape index (κ2) is 9.19. The van der Waals surface area contributed by atoms with E-state index in [1.807, 2.05) is 26.8 Å². The Morgan fingerprint density at radius 2 is 1.82 bits per heavy atom. The van der Waals surface area contributed by atoms with Crippen molar-refractivity contribution in [1.82, 2.24) is 9.80 Å². The highest BCUT2D eigenvalue weighted by Gasteiger charge is 2.40. The van der Waals surface area contributed by atoms with Gasteiger partial charge in [-0.1, -0.05) is 37.3 Å². The molecule has 0 aliphatic carbocycles. The average molecular weight is 387 g/mol. The van der Waals surface area contributed by atoms with Gasteiger partial charge in [0.25, 0.3) is 0 Å². The lowest BCUT2D eigenvalue weighted by atomic mass is 9.89. The first-order valence-electron chi connectivity index (χ1n) is 10.6. The lowest BCUT2D eigenvalue weighted by Gasteiger charge is -2.42. The number of likely N-dealkylation sites (N-methyl/N-ethyl adjacent to an activating group) is 1. The maximum atomic E-state index is 12.7. The molecule has 0 aromatic heterocycles. The first-order valence-corrected chi connectivity index (χ1v) is 10.6. The topological polar surface area (TPSA) is 49.9 Å². The smallest absolute Gasteiger partial charge is 0.324 e. The zero-order chi connectivity index (χ0) is 20.1. The molecule has 0 bridgehead atoms. The molecule has 0 saturated carbocycles. The Morgan fingerprint density at radius 1 is 1.14 bits per heavy atom. The third-order valence-corrected chi connectivity index (χ3v) is 5.97. The van der Waals surface area contributed by atoms with Gasteiger partial charge in [-0.3, -0.25) is 19.4 Å². The standard InChI is InChI=1S/C23H34N2O3/c1-4-25-17-23(2,3)28-22(27)21(25)15-20(26)14-18-10-12-24(13-11-18)16-19-8-6-5-7-9-19/h5-9,18,21H,4,10-17H2,1-3H3. The minimum atomic E-state index is -0.474. The number of ether oxygens (including phenoxy) is 1. The van der Waals surface area contributed by atoms with Crippen LogP contribution in [0.15, 0.2) is 30.3 Å². The van der Waals surface area contributed by atoms with E-state index in [1.165, 1.54) is 5.56 Å². The number of nitrogens with zero attached hydrogens (tertiary/aromatic N) is 2. The first-order chi connectivity index (χ1) is 13.4. The number of carbonyl (C=O) groups excluding carboxylic acids is 2. The van der Waals surface area contributed by atoms with Gasteiger partial charge in [0.1, 0.15) is 17.4 Å². The summed E-state index contributed by atoms with van der Waals surface area (Å²) in [5, 5.41) is 0. The van der Waals surface area contributed by atoms with Crippen LogP contribution < -0.4 is 0 Å². The summed E-state index contributed by atoms with van der Waals surface area (Å²) in [6.45, 7) is 10.4. The van der Waals surface area contributed by atoms with Crippen LogP contribution in [0.3, 0.4) is 0 Å². The van der Waals surface area contributed by atoms with E-state index in [2.05, 4.69) is 34.1 Å². The van der Waals surface area contributed by atoms with Crippen molar-refractivity contribution in [1.29, 1.82) is 0 Å². The van der Waals surface area contributed by atoms with Gasteiger partial charge in [-0.2, -0.15) is 0 Å². The van der Waals surface area contributed by atoms with Gasteiger partial charge < -0.3 is 4.74 Å². The number of rotatable bonds is 7. The van der Waals surface area contributed by atoms with Crippen LogP contribution in [0.2, 0.25) is 0 Å². The molecule has 1 unspecified atom stereocenters. The van der Waals surface area contributed by atoms with Crippen molar-refractivity contribution in [3.63, 3.8) is 0 Å². The Bertz CT molecular complexity index is 666. The van der Waals surface area contributed by atoms with E-state index in [1.54, 1.807) is 0 Å². The molecule has 1 aromatic carbocycles. The normalized spacial score (nSPS) is 24.1. The number of morpholine rings is 1. The van der Waals surface area contributed by atoms with Crippen LogP contribution in [0.4, 0.5) is 0 Å². The summed E-state index contributed by atoms with van der Waals surface area (Å²) in [6, 6.07) is 10.1. The third-order valence-electron chi connectivity index (χ3n) is 5.97. The number of likely N-dealkylation sites (tertiary alicyclic amines) is 1. The van der Waals surface area contributed by atoms with Crippen LogP contribution in [0, 0.1) is 5.92 Å². The Labute approximate surface area is 169 Å². The average Bonchev–Trinajstić information content (AvgIpc) is 2.65. The fourth-order valence-corrected chi connectivity index (χ4v) is 4.48. The summed E-state index contributed by atoms with van der Waals surface area (Å²) in [5.74, 6) is 0.386. The van der Waals surface area contributed by atoms with Crippen LogP contribution >= 0.6 is 0 Å². The maximum Gasteiger partial charge on any atom is 0.324 e. The third kappa shape index (κ3) is 5.65. The number of ketones is 1. The van der Waals surface area contributed by atoms with E-state index < -0.39 is 11.6 Å². The van der Waals surface area contributed by atoms with E-state index in [-0.39, 0.29) is 18.2 Å². The van der Waals surface area contributed by atoms with E-state index in [4.69, 9.17) is 4.74 Å². The van der Waals surface area contributed by atoms with E-state index in [9.17, 15) is 9.59 Å². The van der Waals surface area contributed by atoms with E-state index in [0.717, 1.165) is 39.0 Å². The lowest BCUT2D eigenvalue weighted by Crippen LogP contribution is -2.57. The van der Waals surface area contributed by atoms with Crippen molar-refractivity contribution in [3.8, 4) is 0 Å². The number of hydrogen-bond donors (Lipinski definition) is 0. The lowest BCUT2D eigenvalue weighted by molar-refractivity contribution is -0.178. The Kier molecular flexibility index (Phi) is 6.89. The molecule has 0 spiro atoms. The van der Waals surface area contributed by atoms with Crippen LogP contribution in [-0.4, -0.2) is 59.4 Å². The second-order valence-electron chi connectivity index (χ2n) is 8.91. The number of Topliss-reactive ketones (excluding diaryl/α,β-unsaturated/α-hetero) is 1. The van der Waals surface area contributed by atoms with Crippen molar-refractivity contribution < 1.29 is 14.3 Å². The van der Waals surface area contributed by atoms with Crippen molar-refractivity contribution >= 4 is 11.8 Å². The molecule has 28 heavy (non-hydrogen) atoms. The summed E-state index contributed by atoms with van der Waals surface area (Å²) in [4.78, 5) is 29.6. The molecule has 2 aliphatic heterocycles. The molecule has 2 saturated heterocycles. The monoisotopic (exact) mass is 386 g/mol. The summed E-state index contributed by atoms with van der Waals surface area (Å²) in [6.07, 6.45) is 2.98. The predicted octanol–water partition coefficient (Wildman–Crippen LogP) is 3.27. The zero-order valence-corrected chi connectivity index (χ0v) is 17.5. The summed E-state index contributed by atoms with van der Waals surface area (Å²) in [5.41, 5.74) is 0.869. The molecule has 2 aliphatic rings. The number of carbonyl (C=O) groups is 2. The van der Waals surface area contributed by atoms with Crippen LogP contribution in [0.1, 0.15) is 52.0 Å². The number of piperidine rings is 1. The predicted molar refractivity (Wildman–Crippen MR) is 110 cm³/mol. The summed E-state index contributed by atoms with van der Waals surface area (Å²) >= 11 is 0. The minimum Gasteiger partial charge on any atom is -0.457 e. The van der Waals surface area contributed by atoms with Crippen molar-refractivity contribution in [2.24, 2.45) is 5.92 Å². The Balaban J connectivity index is 1.45. The first kappa shape index (κ1) is 21.0. The minimum absolute atomic E-state index is 0.196. The van der Waals surface area contributed by atoms with Gasteiger partial charge in [0, 0.05) is 25.9 Å². The number of esters is 1. The van der Waals surface area contributed by atoms with Gasteiger partial charge in [-0.15, -0.1) is 0 Å². The highest BCUT2D eigenvalue weighted by molar-refractivity contribution is 5.87. The zero-order valence-electron chi connectivity index (χ0n) is 17.5. The van der Waals surface area contributed by atoms with Crippen LogP contribution in [-0.2, 0) is 20.9 Å². The number of cyclic esters (lactones) is 1. The second-order valence-corrected chi connectivity index (χ2v) is 8.91. The molecule has 2 heterocycles. The number of hydrogen-bond acceptors (Lipinski definition) is 5. The fraction of sp³-hybridized carbons (Fsp3) is 0.652. The molecule has 1 atom stereocenters.